The molecule has 0 unspecified atom stereocenters. The minimum atomic E-state index is -3.01. The molecule has 0 aliphatic rings. The summed E-state index contributed by atoms with van der Waals surface area (Å²) in [6.07, 6.45) is 0. The third kappa shape index (κ3) is 3.49. The Hall–Kier alpha value is -2.14. The summed E-state index contributed by atoms with van der Waals surface area (Å²) in [6, 6.07) is 10.3. The zero-order valence-corrected chi connectivity index (χ0v) is 11.7. The molecule has 0 heterocycles. The summed E-state index contributed by atoms with van der Waals surface area (Å²) in [5, 5.41) is 0.172. The van der Waals surface area contributed by atoms with Crippen LogP contribution in [0.5, 0.6) is 11.5 Å². The third-order valence-corrected chi connectivity index (χ3v) is 3.08. The number of carbonyl (C=O) groups is 1. The van der Waals surface area contributed by atoms with Gasteiger partial charge in [-0.25, -0.2) is 0 Å². The molecule has 2 aromatic carbocycles. The Labute approximate surface area is 125 Å². The summed E-state index contributed by atoms with van der Waals surface area (Å²) < 4.78 is 34.1. The van der Waals surface area contributed by atoms with Crippen molar-refractivity contribution in [3.05, 3.63) is 58.6 Å². The second kappa shape index (κ2) is 6.54. The lowest BCUT2D eigenvalue weighted by Crippen LogP contribution is -2.09. The van der Waals surface area contributed by atoms with Gasteiger partial charge in [0, 0.05) is 5.56 Å². The Morgan fingerprint density at radius 1 is 1.14 bits per heavy atom. The highest BCUT2D eigenvalue weighted by molar-refractivity contribution is 6.35. The molecule has 2 aromatic rings. The number of para-hydroxylation sites is 1. The molecule has 6 heteroatoms. The third-order valence-electron chi connectivity index (χ3n) is 2.77. The first-order valence-corrected chi connectivity index (χ1v) is 6.33. The van der Waals surface area contributed by atoms with Crippen LogP contribution in [0.4, 0.5) is 8.78 Å². The second-order valence-corrected chi connectivity index (χ2v) is 4.46. The molecule has 110 valence electrons. The molecule has 0 aromatic heterocycles. The topological polar surface area (TPSA) is 35.5 Å². The van der Waals surface area contributed by atoms with E-state index in [0.29, 0.717) is 5.75 Å². The van der Waals surface area contributed by atoms with Gasteiger partial charge in [0.2, 0.25) is 0 Å². The van der Waals surface area contributed by atoms with Gasteiger partial charge in [-0.05, 0) is 30.3 Å². The first kappa shape index (κ1) is 15.3. The Kier molecular flexibility index (Phi) is 4.75. The lowest BCUT2D eigenvalue weighted by molar-refractivity contribution is -0.0501. The minimum absolute atomic E-state index is 0.0184. The predicted octanol–water partition coefficient (Wildman–Crippen LogP) is 4.18. The Bertz CT molecular complexity index is 659. The van der Waals surface area contributed by atoms with Crippen molar-refractivity contribution >= 4 is 17.4 Å². The molecule has 2 rings (SSSR count). The van der Waals surface area contributed by atoms with E-state index in [1.54, 1.807) is 12.1 Å². The van der Waals surface area contributed by atoms with Gasteiger partial charge in [-0.2, -0.15) is 8.78 Å². The average Bonchev–Trinajstić information content (AvgIpc) is 2.46. The number of alkyl halides is 2. The van der Waals surface area contributed by atoms with Crippen LogP contribution in [0, 0.1) is 0 Å². The maximum atomic E-state index is 12.4. The molecule has 0 saturated heterocycles. The van der Waals surface area contributed by atoms with E-state index in [0.717, 1.165) is 0 Å². The van der Waals surface area contributed by atoms with Crippen LogP contribution >= 0.6 is 11.6 Å². The molecule has 0 bridgehead atoms. The molecule has 0 fully saturated rings. The molecule has 0 aliphatic carbocycles. The van der Waals surface area contributed by atoms with Gasteiger partial charge in [0.25, 0.3) is 0 Å². The molecular formula is C15H11ClF2O3. The monoisotopic (exact) mass is 312 g/mol. The van der Waals surface area contributed by atoms with E-state index in [-0.39, 0.29) is 21.9 Å². The number of carbonyl (C=O) groups excluding carboxylic acids is 1. The van der Waals surface area contributed by atoms with Crippen molar-refractivity contribution in [1.29, 1.82) is 0 Å². The Morgan fingerprint density at radius 3 is 2.48 bits per heavy atom. The number of methoxy groups -OCH3 is 1. The number of rotatable bonds is 5. The number of halogens is 3. The van der Waals surface area contributed by atoms with Gasteiger partial charge < -0.3 is 9.47 Å². The molecule has 0 atom stereocenters. The quantitative estimate of drug-likeness (QED) is 0.777. The highest BCUT2D eigenvalue weighted by atomic mass is 35.5. The lowest BCUT2D eigenvalue weighted by Gasteiger charge is -2.11. The first-order valence-electron chi connectivity index (χ1n) is 5.95. The van der Waals surface area contributed by atoms with Crippen molar-refractivity contribution in [3.8, 4) is 11.5 Å². The lowest BCUT2D eigenvalue weighted by atomic mass is 10.0. The van der Waals surface area contributed by atoms with Gasteiger partial charge in [0.15, 0.2) is 5.78 Å². The molecule has 0 amide bonds. The molecular weight excluding hydrogens is 302 g/mol. The van der Waals surface area contributed by atoms with Crippen molar-refractivity contribution in [2.45, 2.75) is 6.61 Å². The molecule has 0 saturated carbocycles. The van der Waals surface area contributed by atoms with E-state index < -0.39 is 12.4 Å². The van der Waals surface area contributed by atoms with Crippen LogP contribution in [-0.4, -0.2) is 19.5 Å². The number of hydrogen-bond acceptors (Lipinski definition) is 3. The highest BCUT2D eigenvalue weighted by Crippen LogP contribution is 2.28. The minimum Gasteiger partial charge on any atom is -0.497 e. The molecule has 0 spiro atoms. The van der Waals surface area contributed by atoms with Crippen molar-refractivity contribution < 1.29 is 23.0 Å². The summed E-state index contributed by atoms with van der Waals surface area (Å²) in [4.78, 5) is 12.4. The van der Waals surface area contributed by atoms with Crippen molar-refractivity contribution in [2.24, 2.45) is 0 Å². The smallest absolute Gasteiger partial charge is 0.387 e. The van der Waals surface area contributed by atoms with E-state index in [1.165, 1.54) is 37.4 Å². The van der Waals surface area contributed by atoms with Crippen LogP contribution in [-0.2, 0) is 0 Å². The maximum absolute atomic E-state index is 12.4. The second-order valence-electron chi connectivity index (χ2n) is 4.05. The fourth-order valence-electron chi connectivity index (χ4n) is 1.81. The van der Waals surface area contributed by atoms with Gasteiger partial charge in [-0.15, -0.1) is 0 Å². The van der Waals surface area contributed by atoms with Crippen LogP contribution in [0.3, 0.4) is 0 Å². The number of benzene rings is 2. The molecule has 0 radical (unpaired) electrons. The molecule has 0 aliphatic heterocycles. The SMILES string of the molecule is COc1ccc(C(=O)c2ccccc2OC(F)F)c(Cl)c1. The zero-order chi connectivity index (χ0) is 15.4. The summed E-state index contributed by atoms with van der Waals surface area (Å²) >= 11 is 6.02. The van der Waals surface area contributed by atoms with E-state index in [1.807, 2.05) is 0 Å². The summed E-state index contributed by atoms with van der Waals surface area (Å²) in [7, 11) is 1.47. The highest BCUT2D eigenvalue weighted by Gasteiger charge is 2.19. The van der Waals surface area contributed by atoms with E-state index in [2.05, 4.69) is 4.74 Å². The van der Waals surface area contributed by atoms with Gasteiger partial charge >= 0.3 is 6.61 Å². The maximum Gasteiger partial charge on any atom is 0.387 e. The summed E-state index contributed by atoms with van der Waals surface area (Å²) in [6.45, 7) is -3.01. The standard InChI is InChI=1S/C15H11ClF2O3/c1-20-9-6-7-10(12(16)8-9)14(19)11-4-2-3-5-13(11)21-15(17)18/h2-8,15H,1H3. The van der Waals surface area contributed by atoms with Gasteiger partial charge in [-0.1, -0.05) is 23.7 Å². The van der Waals surface area contributed by atoms with Gasteiger partial charge in [0.05, 0.1) is 17.7 Å². The van der Waals surface area contributed by atoms with Crippen LogP contribution in [0.15, 0.2) is 42.5 Å². The summed E-state index contributed by atoms with van der Waals surface area (Å²) in [5.41, 5.74) is 0.202. The van der Waals surface area contributed by atoms with E-state index >= 15 is 0 Å². The largest absolute Gasteiger partial charge is 0.497 e. The predicted molar refractivity (Wildman–Crippen MR) is 74.5 cm³/mol. The van der Waals surface area contributed by atoms with Crippen LogP contribution in [0.1, 0.15) is 15.9 Å². The van der Waals surface area contributed by atoms with Crippen LogP contribution in [0.25, 0.3) is 0 Å². The van der Waals surface area contributed by atoms with E-state index in [4.69, 9.17) is 16.3 Å². The van der Waals surface area contributed by atoms with Gasteiger partial charge in [0.1, 0.15) is 11.5 Å². The van der Waals surface area contributed by atoms with E-state index in [9.17, 15) is 13.6 Å². The number of hydrogen-bond donors (Lipinski definition) is 0. The van der Waals surface area contributed by atoms with Crippen molar-refractivity contribution in [1.82, 2.24) is 0 Å². The Morgan fingerprint density at radius 2 is 1.86 bits per heavy atom. The fourth-order valence-corrected chi connectivity index (χ4v) is 2.06. The molecule has 0 N–H and O–H groups in total. The van der Waals surface area contributed by atoms with Crippen molar-refractivity contribution in [2.75, 3.05) is 7.11 Å². The average molecular weight is 313 g/mol. The van der Waals surface area contributed by atoms with Crippen LogP contribution in [0.2, 0.25) is 5.02 Å². The number of ether oxygens (including phenoxy) is 2. The molecule has 3 nitrogen and oxygen atoms in total. The Balaban J connectivity index is 2.40. The molecule has 21 heavy (non-hydrogen) atoms. The normalized spacial score (nSPS) is 10.5. The first-order chi connectivity index (χ1) is 10.0. The summed E-state index contributed by atoms with van der Waals surface area (Å²) in [5.74, 6) is -0.197. The van der Waals surface area contributed by atoms with Gasteiger partial charge in [-0.3, -0.25) is 4.79 Å². The zero-order valence-electron chi connectivity index (χ0n) is 11.0. The van der Waals surface area contributed by atoms with Crippen molar-refractivity contribution in [3.63, 3.8) is 0 Å². The van der Waals surface area contributed by atoms with Crippen LogP contribution < -0.4 is 9.47 Å². The number of ketones is 1. The fraction of sp³-hybridized carbons (Fsp3) is 0.133.